The van der Waals surface area contributed by atoms with Crippen LogP contribution in [0.5, 0.6) is 0 Å². The molecule has 1 N–H and O–H groups in total. The number of rotatable bonds is 7. The first-order valence-corrected chi connectivity index (χ1v) is 7.99. The van der Waals surface area contributed by atoms with Gasteiger partial charge in [0.2, 0.25) is 0 Å². The van der Waals surface area contributed by atoms with E-state index in [1.54, 1.807) is 0 Å². The van der Waals surface area contributed by atoms with E-state index in [2.05, 4.69) is 40.4 Å². The third-order valence-electron chi connectivity index (χ3n) is 3.46. The van der Waals surface area contributed by atoms with Gasteiger partial charge < -0.3 is 5.32 Å². The van der Waals surface area contributed by atoms with Gasteiger partial charge in [-0.25, -0.2) is 0 Å². The highest BCUT2D eigenvalue weighted by atomic mass is 32.1. The second kappa shape index (κ2) is 6.48. The first-order chi connectivity index (χ1) is 9.79. The Balaban J connectivity index is 1.49. The Bertz CT molecular complexity index is 534. The van der Waals surface area contributed by atoms with Gasteiger partial charge in [0.1, 0.15) is 0 Å². The second-order valence-electron chi connectivity index (χ2n) is 5.56. The van der Waals surface area contributed by atoms with Crippen molar-refractivity contribution >= 4 is 11.3 Å². The van der Waals surface area contributed by atoms with Gasteiger partial charge in [-0.05, 0) is 43.7 Å². The van der Waals surface area contributed by atoms with Gasteiger partial charge in [0.25, 0.3) is 0 Å². The summed E-state index contributed by atoms with van der Waals surface area (Å²) < 4.78 is 0. The Morgan fingerprint density at radius 2 is 2.10 bits per heavy atom. The number of nitrogens with one attached hydrogen (secondary N) is 1. The molecule has 106 valence electrons. The van der Waals surface area contributed by atoms with Crippen molar-refractivity contribution in [3.63, 3.8) is 0 Å². The van der Waals surface area contributed by atoms with Crippen LogP contribution in [0.4, 0.5) is 0 Å². The average molecular weight is 287 g/mol. The van der Waals surface area contributed by atoms with Crippen LogP contribution in [0.1, 0.15) is 28.2 Å². The van der Waals surface area contributed by atoms with Crippen molar-refractivity contribution in [1.29, 1.82) is 0 Å². The minimum atomic E-state index is 0.786. The fourth-order valence-electron chi connectivity index (χ4n) is 2.26. The normalized spacial score (nSPS) is 14.9. The van der Waals surface area contributed by atoms with Gasteiger partial charge in [0.05, 0.1) is 0 Å². The molecule has 0 spiro atoms. The molecule has 1 aliphatic rings. The third kappa shape index (κ3) is 4.13. The highest BCUT2D eigenvalue weighted by molar-refractivity contribution is 7.11. The molecule has 0 amide bonds. The third-order valence-corrected chi connectivity index (χ3v) is 4.53. The van der Waals surface area contributed by atoms with Gasteiger partial charge in [0.15, 0.2) is 0 Å². The van der Waals surface area contributed by atoms with Crippen LogP contribution in [0, 0.1) is 0 Å². The molecule has 0 radical (unpaired) electrons. The first kappa shape index (κ1) is 13.7. The smallest absolute Gasteiger partial charge is 0.0328 e. The number of hydrogen-bond acceptors (Lipinski definition) is 4. The Labute approximate surface area is 124 Å². The van der Waals surface area contributed by atoms with Crippen LogP contribution in [0.2, 0.25) is 0 Å². The predicted octanol–water partition coefficient (Wildman–Crippen LogP) is 3.03. The molecule has 0 atom stereocenters. The summed E-state index contributed by atoms with van der Waals surface area (Å²) in [6, 6.07) is 9.43. The van der Waals surface area contributed by atoms with Crippen LogP contribution in [-0.2, 0) is 19.6 Å². The highest BCUT2D eigenvalue weighted by Crippen LogP contribution is 2.22. The van der Waals surface area contributed by atoms with E-state index in [1.807, 2.05) is 29.8 Å². The maximum Gasteiger partial charge on any atom is 0.0328 e. The Morgan fingerprint density at radius 1 is 1.25 bits per heavy atom. The van der Waals surface area contributed by atoms with Crippen molar-refractivity contribution in [2.24, 2.45) is 0 Å². The van der Waals surface area contributed by atoms with Crippen LogP contribution in [0.3, 0.4) is 0 Å². The number of thiophene rings is 1. The largest absolute Gasteiger partial charge is 0.309 e. The van der Waals surface area contributed by atoms with E-state index in [0.29, 0.717) is 0 Å². The molecule has 0 aliphatic heterocycles. The van der Waals surface area contributed by atoms with Crippen molar-refractivity contribution in [3.05, 3.63) is 52.0 Å². The molecule has 1 saturated carbocycles. The molecule has 2 heterocycles. The summed E-state index contributed by atoms with van der Waals surface area (Å²) in [6.45, 7) is 2.98. The predicted molar refractivity (Wildman–Crippen MR) is 83.6 cm³/mol. The lowest BCUT2D eigenvalue weighted by atomic mass is 10.2. The Hall–Kier alpha value is -1.23. The Kier molecular flexibility index (Phi) is 4.45. The monoisotopic (exact) mass is 287 g/mol. The molecule has 20 heavy (non-hydrogen) atoms. The summed E-state index contributed by atoms with van der Waals surface area (Å²) in [5, 5.41) is 3.57. The van der Waals surface area contributed by atoms with Gasteiger partial charge >= 0.3 is 0 Å². The van der Waals surface area contributed by atoms with Crippen LogP contribution < -0.4 is 5.32 Å². The van der Waals surface area contributed by atoms with E-state index in [9.17, 15) is 0 Å². The first-order valence-electron chi connectivity index (χ1n) is 7.18. The summed E-state index contributed by atoms with van der Waals surface area (Å²) in [5.41, 5.74) is 1.27. The lowest BCUT2D eigenvalue weighted by Gasteiger charge is -2.15. The molecular weight excluding hydrogens is 266 g/mol. The molecule has 0 unspecified atom stereocenters. The fraction of sp³-hybridized carbons (Fsp3) is 0.438. The molecule has 4 heteroatoms. The lowest BCUT2D eigenvalue weighted by molar-refractivity contribution is 0.321. The van der Waals surface area contributed by atoms with Gasteiger partial charge in [-0.1, -0.05) is 6.07 Å². The zero-order chi connectivity index (χ0) is 13.8. The number of nitrogens with zero attached hydrogens (tertiary/aromatic N) is 2. The van der Waals surface area contributed by atoms with Crippen molar-refractivity contribution in [3.8, 4) is 0 Å². The minimum absolute atomic E-state index is 0.786. The standard InChI is InChI=1S/C16H21N3S/c1-19(11-13-3-2-8-17-9-13)12-16-7-6-15(20-16)10-18-14-4-5-14/h2-3,6-9,14,18H,4-5,10-12H2,1H3. The van der Waals surface area contributed by atoms with E-state index >= 15 is 0 Å². The number of pyridine rings is 1. The number of hydrogen-bond donors (Lipinski definition) is 1. The van der Waals surface area contributed by atoms with Crippen LogP contribution in [-0.4, -0.2) is 23.0 Å². The number of aromatic nitrogens is 1. The zero-order valence-corrected chi connectivity index (χ0v) is 12.7. The van der Waals surface area contributed by atoms with E-state index < -0.39 is 0 Å². The topological polar surface area (TPSA) is 28.2 Å². The van der Waals surface area contributed by atoms with Crippen LogP contribution in [0.15, 0.2) is 36.7 Å². The van der Waals surface area contributed by atoms with E-state index in [1.165, 1.54) is 28.2 Å². The summed E-state index contributed by atoms with van der Waals surface area (Å²) in [7, 11) is 2.16. The van der Waals surface area contributed by atoms with Crippen LogP contribution >= 0.6 is 11.3 Å². The molecular formula is C16H21N3S. The highest BCUT2D eigenvalue weighted by Gasteiger charge is 2.20. The quantitative estimate of drug-likeness (QED) is 0.848. The SMILES string of the molecule is CN(Cc1cccnc1)Cc1ccc(CNC2CC2)s1. The molecule has 0 bridgehead atoms. The van der Waals surface area contributed by atoms with Gasteiger partial charge in [0, 0.05) is 47.8 Å². The molecule has 2 aromatic heterocycles. The van der Waals surface area contributed by atoms with Crippen molar-refractivity contribution in [2.45, 2.75) is 38.5 Å². The molecule has 0 saturated heterocycles. The Morgan fingerprint density at radius 3 is 2.85 bits per heavy atom. The maximum atomic E-state index is 4.16. The van der Waals surface area contributed by atoms with E-state index in [-0.39, 0.29) is 0 Å². The van der Waals surface area contributed by atoms with Gasteiger partial charge in [-0.3, -0.25) is 9.88 Å². The van der Waals surface area contributed by atoms with Crippen molar-refractivity contribution in [2.75, 3.05) is 7.05 Å². The van der Waals surface area contributed by atoms with E-state index in [4.69, 9.17) is 0 Å². The summed E-state index contributed by atoms with van der Waals surface area (Å²) in [6.07, 6.45) is 6.47. The van der Waals surface area contributed by atoms with Crippen molar-refractivity contribution in [1.82, 2.24) is 15.2 Å². The molecule has 3 rings (SSSR count). The van der Waals surface area contributed by atoms with E-state index in [0.717, 1.165) is 25.7 Å². The average Bonchev–Trinajstić information content (AvgIpc) is 3.18. The van der Waals surface area contributed by atoms with Gasteiger partial charge in [-0.15, -0.1) is 11.3 Å². The lowest BCUT2D eigenvalue weighted by Crippen LogP contribution is -2.16. The molecule has 1 fully saturated rings. The van der Waals surface area contributed by atoms with Gasteiger partial charge in [-0.2, -0.15) is 0 Å². The summed E-state index contributed by atoms with van der Waals surface area (Å²) in [4.78, 5) is 9.38. The summed E-state index contributed by atoms with van der Waals surface area (Å²) in [5.74, 6) is 0. The molecule has 1 aliphatic carbocycles. The molecule has 0 aromatic carbocycles. The molecule has 2 aromatic rings. The minimum Gasteiger partial charge on any atom is -0.309 e. The van der Waals surface area contributed by atoms with Crippen LogP contribution in [0.25, 0.3) is 0 Å². The maximum absolute atomic E-state index is 4.16. The molecule has 3 nitrogen and oxygen atoms in total. The summed E-state index contributed by atoms with van der Waals surface area (Å²) >= 11 is 1.92. The fourth-order valence-corrected chi connectivity index (χ4v) is 3.31. The zero-order valence-electron chi connectivity index (χ0n) is 11.9. The van der Waals surface area contributed by atoms with Crippen molar-refractivity contribution < 1.29 is 0 Å². The second-order valence-corrected chi connectivity index (χ2v) is 6.81.